The Labute approximate surface area is 135 Å². The van der Waals surface area contributed by atoms with E-state index in [2.05, 4.69) is 5.32 Å². The highest BCUT2D eigenvalue weighted by molar-refractivity contribution is 5.96. The number of furan rings is 1. The van der Waals surface area contributed by atoms with Crippen LogP contribution in [0.25, 0.3) is 0 Å². The van der Waals surface area contributed by atoms with Gasteiger partial charge in [-0.3, -0.25) is 4.79 Å². The number of hydrogen-bond donors (Lipinski definition) is 2. The first-order valence-electron chi connectivity index (χ1n) is 8.72. The summed E-state index contributed by atoms with van der Waals surface area (Å²) >= 11 is 0. The molecule has 5 heteroatoms. The van der Waals surface area contributed by atoms with Crippen molar-refractivity contribution in [2.24, 2.45) is 23.7 Å². The average Bonchev–Trinajstić information content (AvgIpc) is 2.94. The highest BCUT2D eigenvalue weighted by Crippen LogP contribution is 2.53. The van der Waals surface area contributed by atoms with Crippen molar-refractivity contribution < 1.29 is 19.1 Å². The molecule has 0 aromatic carbocycles. The van der Waals surface area contributed by atoms with Crippen molar-refractivity contribution >= 4 is 11.9 Å². The molecule has 0 spiro atoms. The van der Waals surface area contributed by atoms with Crippen LogP contribution in [-0.2, 0) is 6.42 Å². The lowest BCUT2D eigenvalue weighted by Crippen LogP contribution is -2.55. The number of aromatic carboxylic acids is 1. The molecule has 1 heterocycles. The first kappa shape index (κ1) is 14.8. The largest absolute Gasteiger partial charge is 0.478 e. The lowest BCUT2D eigenvalue weighted by Gasteiger charge is -2.54. The van der Waals surface area contributed by atoms with Gasteiger partial charge in [0.05, 0.1) is 0 Å². The number of aryl methyl sites for hydroxylation is 1. The molecule has 0 atom stereocenters. The second-order valence-electron chi connectivity index (χ2n) is 7.54. The Morgan fingerprint density at radius 3 is 2.26 bits per heavy atom. The number of rotatable bonds is 4. The van der Waals surface area contributed by atoms with Crippen molar-refractivity contribution in [1.82, 2.24) is 5.32 Å². The van der Waals surface area contributed by atoms with Crippen LogP contribution in [0.4, 0.5) is 0 Å². The molecule has 4 bridgehead atoms. The van der Waals surface area contributed by atoms with Gasteiger partial charge in [0.25, 0.3) is 5.91 Å². The van der Waals surface area contributed by atoms with Crippen LogP contribution in [0.15, 0.2) is 10.5 Å². The van der Waals surface area contributed by atoms with Crippen LogP contribution in [0, 0.1) is 23.7 Å². The van der Waals surface area contributed by atoms with Crippen LogP contribution in [0.2, 0.25) is 0 Å². The Balaban J connectivity index is 1.51. The van der Waals surface area contributed by atoms with Gasteiger partial charge in [-0.2, -0.15) is 0 Å². The van der Waals surface area contributed by atoms with Crippen molar-refractivity contribution in [3.05, 3.63) is 23.2 Å². The molecule has 124 valence electrons. The van der Waals surface area contributed by atoms with Crippen LogP contribution in [0.1, 0.15) is 65.7 Å². The zero-order valence-electron chi connectivity index (χ0n) is 13.4. The summed E-state index contributed by atoms with van der Waals surface area (Å²) in [5.41, 5.74) is 0.0998. The summed E-state index contributed by atoms with van der Waals surface area (Å²) in [4.78, 5) is 23.8. The monoisotopic (exact) mass is 317 g/mol. The molecule has 1 amide bonds. The molecule has 1 aromatic heterocycles. The number of carbonyl (C=O) groups is 2. The van der Waals surface area contributed by atoms with E-state index in [4.69, 9.17) is 4.42 Å². The minimum Gasteiger partial charge on any atom is -0.478 e. The topological polar surface area (TPSA) is 79.5 Å². The standard InChI is InChI=1S/C18H23NO4/c1-2-14-13(18(21)22)8-15(23-14)17(20)19-16-11-4-9-3-10(6-11)7-12(16)5-9/h8-12,16H,2-7H2,1H3,(H,19,20)(H,21,22). The van der Waals surface area contributed by atoms with Crippen molar-refractivity contribution in [2.75, 3.05) is 0 Å². The summed E-state index contributed by atoms with van der Waals surface area (Å²) in [6, 6.07) is 1.60. The van der Waals surface area contributed by atoms with Crippen LogP contribution >= 0.6 is 0 Å². The van der Waals surface area contributed by atoms with E-state index in [9.17, 15) is 14.7 Å². The number of hydrogen-bond acceptors (Lipinski definition) is 3. The van der Waals surface area contributed by atoms with E-state index in [1.807, 2.05) is 6.92 Å². The Hall–Kier alpha value is -1.78. The van der Waals surface area contributed by atoms with Gasteiger partial charge in [-0.05, 0) is 55.8 Å². The molecule has 0 radical (unpaired) electrons. The second-order valence-corrected chi connectivity index (χ2v) is 7.54. The van der Waals surface area contributed by atoms with E-state index in [0.717, 1.165) is 11.8 Å². The van der Waals surface area contributed by atoms with Crippen LogP contribution < -0.4 is 5.32 Å². The van der Waals surface area contributed by atoms with Gasteiger partial charge in [0, 0.05) is 18.5 Å². The van der Waals surface area contributed by atoms with E-state index in [1.165, 1.54) is 38.2 Å². The predicted molar refractivity (Wildman–Crippen MR) is 83.3 cm³/mol. The van der Waals surface area contributed by atoms with Gasteiger partial charge in [0.2, 0.25) is 0 Å². The maximum atomic E-state index is 12.5. The third kappa shape index (κ3) is 2.46. The predicted octanol–water partition coefficient (Wildman–Crippen LogP) is 3.09. The van der Waals surface area contributed by atoms with Gasteiger partial charge in [-0.1, -0.05) is 6.92 Å². The summed E-state index contributed by atoms with van der Waals surface area (Å²) in [5.74, 6) is 2.10. The van der Waals surface area contributed by atoms with Gasteiger partial charge in [0.1, 0.15) is 11.3 Å². The molecular weight excluding hydrogens is 294 g/mol. The molecule has 5 rings (SSSR count). The normalized spacial score (nSPS) is 34.6. The molecule has 4 aliphatic carbocycles. The van der Waals surface area contributed by atoms with E-state index in [0.29, 0.717) is 24.0 Å². The minimum absolute atomic E-state index is 0.0998. The molecule has 4 aliphatic rings. The Morgan fingerprint density at radius 2 is 1.78 bits per heavy atom. The summed E-state index contributed by atoms with van der Waals surface area (Å²) in [7, 11) is 0. The molecule has 23 heavy (non-hydrogen) atoms. The van der Waals surface area contributed by atoms with Crippen LogP contribution in [0.5, 0.6) is 0 Å². The Morgan fingerprint density at radius 1 is 1.17 bits per heavy atom. The lowest BCUT2D eigenvalue weighted by molar-refractivity contribution is -0.0123. The van der Waals surface area contributed by atoms with Crippen molar-refractivity contribution in [1.29, 1.82) is 0 Å². The fourth-order valence-corrected chi connectivity index (χ4v) is 5.37. The van der Waals surface area contributed by atoms with Gasteiger partial charge in [-0.15, -0.1) is 0 Å². The third-order valence-electron chi connectivity index (χ3n) is 6.11. The fourth-order valence-electron chi connectivity index (χ4n) is 5.37. The molecule has 1 aromatic rings. The fraction of sp³-hybridized carbons (Fsp3) is 0.667. The van der Waals surface area contributed by atoms with Gasteiger partial charge >= 0.3 is 5.97 Å². The third-order valence-corrected chi connectivity index (χ3v) is 6.11. The number of carbonyl (C=O) groups excluding carboxylic acids is 1. The molecule has 2 N–H and O–H groups in total. The first-order chi connectivity index (χ1) is 11.0. The SMILES string of the molecule is CCc1oc(C(=O)NC2C3CC4CC(C3)CC2C4)cc1C(=O)O. The van der Waals surface area contributed by atoms with Crippen molar-refractivity contribution in [3.63, 3.8) is 0 Å². The van der Waals surface area contributed by atoms with E-state index < -0.39 is 5.97 Å². The molecule has 0 aliphatic heterocycles. The Bertz CT molecular complexity index is 619. The summed E-state index contributed by atoms with van der Waals surface area (Å²) in [6.07, 6.45) is 6.78. The smallest absolute Gasteiger partial charge is 0.339 e. The van der Waals surface area contributed by atoms with Crippen molar-refractivity contribution in [3.8, 4) is 0 Å². The maximum absolute atomic E-state index is 12.5. The number of nitrogens with one attached hydrogen (secondary N) is 1. The highest BCUT2D eigenvalue weighted by atomic mass is 16.4. The zero-order valence-corrected chi connectivity index (χ0v) is 13.4. The Kier molecular flexibility index (Phi) is 3.47. The quantitative estimate of drug-likeness (QED) is 0.894. The summed E-state index contributed by atoms with van der Waals surface area (Å²) in [6.45, 7) is 1.82. The minimum atomic E-state index is -1.04. The molecule has 5 nitrogen and oxygen atoms in total. The molecule has 4 fully saturated rings. The zero-order chi connectivity index (χ0) is 16.1. The molecule has 4 saturated carbocycles. The van der Waals surface area contributed by atoms with Gasteiger partial charge in [0.15, 0.2) is 5.76 Å². The number of amides is 1. The number of carboxylic acids is 1. The van der Waals surface area contributed by atoms with Crippen LogP contribution in [-0.4, -0.2) is 23.0 Å². The molecule has 0 saturated heterocycles. The number of carboxylic acid groups (broad SMARTS) is 1. The highest BCUT2D eigenvalue weighted by Gasteiger charge is 2.48. The summed E-state index contributed by atoms with van der Waals surface area (Å²) < 4.78 is 5.49. The summed E-state index contributed by atoms with van der Waals surface area (Å²) in [5, 5.41) is 12.3. The second kappa shape index (κ2) is 5.39. The lowest BCUT2D eigenvalue weighted by atomic mass is 9.54. The van der Waals surface area contributed by atoms with Crippen molar-refractivity contribution in [2.45, 2.75) is 51.5 Å². The van der Waals surface area contributed by atoms with Gasteiger partial charge in [-0.25, -0.2) is 4.79 Å². The van der Waals surface area contributed by atoms with E-state index in [1.54, 1.807) is 0 Å². The van der Waals surface area contributed by atoms with E-state index >= 15 is 0 Å². The maximum Gasteiger partial charge on any atom is 0.339 e. The van der Waals surface area contributed by atoms with E-state index in [-0.39, 0.29) is 23.3 Å². The average molecular weight is 317 g/mol. The van der Waals surface area contributed by atoms with Crippen LogP contribution in [0.3, 0.4) is 0 Å². The molecule has 0 unspecified atom stereocenters. The molecular formula is C18H23NO4. The van der Waals surface area contributed by atoms with Gasteiger partial charge < -0.3 is 14.8 Å². The first-order valence-corrected chi connectivity index (χ1v) is 8.72.